The molecule has 226 valence electrons. The van der Waals surface area contributed by atoms with Gasteiger partial charge in [0, 0.05) is 41.9 Å². The first-order valence-corrected chi connectivity index (χ1v) is 13.7. The van der Waals surface area contributed by atoms with Gasteiger partial charge in [0.2, 0.25) is 0 Å². The van der Waals surface area contributed by atoms with Crippen molar-refractivity contribution >= 4 is 39.6 Å². The van der Waals surface area contributed by atoms with Crippen molar-refractivity contribution < 1.29 is 27.8 Å². The number of ether oxygens (including phenoxy) is 3. The Balaban J connectivity index is 1.28. The van der Waals surface area contributed by atoms with Crippen LogP contribution in [0.25, 0.3) is 16.6 Å². The van der Waals surface area contributed by atoms with Crippen molar-refractivity contribution in [2.75, 3.05) is 38.4 Å². The summed E-state index contributed by atoms with van der Waals surface area (Å²) in [6, 6.07) is 8.87. The van der Waals surface area contributed by atoms with Crippen LogP contribution >= 0.6 is 0 Å². The average Bonchev–Trinajstić information content (AvgIpc) is 3.66. The maximum atomic E-state index is 15.3. The highest BCUT2D eigenvalue weighted by atomic mass is 19.1. The predicted molar refractivity (Wildman–Crippen MR) is 159 cm³/mol. The van der Waals surface area contributed by atoms with Gasteiger partial charge in [0.1, 0.15) is 35.7 Å². The minimum atomic E-state index is -0.906. The van der Waals surface area contributed by atoms with E-state index in [0.717, 1.165) is 19.4 Å². The molecule has 0 spiro atoms. The van der Waals surface area contributed by atoms with Crippen LogP contribution in [0.3, 0.4) is 0 Å². The molecule has 0 saturated carbocycles. The molecule has 3 aromatic heterocycles. The number of hydrogen-bond donors (Lipinski definition) is 2. The molecule has 1 unspecified atom stereocenters. The normalized spacial score (nSPS) is 15.5. The molecule has 1 atom stereocenters. The second-order valence-electron chi connectivity index (χ2n) is 10.1. The summed E-state index contributed by atoms with van der Waals surface area (Å²) >= 11 is 0. The number of pyridine rings is 1. The third kappa shape index (κ3) is 5.79. The standard InChI is InChI=1S/C30H28F2N8O4/c1-39-7-4-5-17(39)9-21(32)30(41)38-23-11-19-22(13-26(23)42-2)33-15-35-29(19)37-24-12-20(31)25(14-27(24)43-3)44-18-6-8-40-28(10-18)34-16-36-40/h6,8-17H,4-5,7H2,1-3H3,(H,38,41)(H,33,35,37)/b21-9+. The van der Waals surface area contributed by atoms with Crippen molar-refractivity contribution in [2.45, 2.75) is 18.9 Å². The molecule has 0 bridgehead atoms. The van der Waals surface area contributed by atoms with Crippen molar-refractivity contribution in [1.82, 2.24) is 29.5 Å². The Morgan fingerprint density at radius 3 is 2.61 bits per heavy atom. The summed E-state index contributed by atoms with van der Waals surface area (Å²) in [4.78, 5) is 27.5. The first kappa shape index (κ1) is 28.7. The lowest BCUT2D eigenvalue weighted by Crippen LogP contribution is -2.24. The number of likely N-dealkylation sites (N-methyl/N-ethyl adjacent to an activating group) is 1. The van der Waals surface area contributed by atoms with Crippen LogP contribution < -0.4 is 24.8 Å². The maximum Gasteiger partial charge on any atom is 0.284 e. The molecule has 1 saturated heterocycles. The van der Waals surface area contributed by atoms with Crippen LogP contribution in [0.4, 0.5) is 26.0 Å². The van der Waals surface area contributed by atoms with Gasteiger partial charge < -0.3 is 24.8 Å². The molecule has 14 heteroatoms. The van der Waals surface area contributed by atoms with Crippen LogP contribution in [0, 0.1) is 5.82 Å². The number of hydrogen-bond acceptors (Lipinski definition) is 10. The van der Waals surface area contributed by atoms with Crippen LogP contribution in [-0.2, 0) is 4.79 Å². The van der Waals surface area contributed by atoms with E-state index in [0.29, 0.717) is 22.3 Å². The van der Waals surface area contributed by atoms with Gasteiger partial charge in [-0.15, -0.1) is 0 Å². The van der Waals surface area contributed by atoms with Gasteiger partial charge in [0.15, 0.2) is 23.0 Å². The Morgan fingerprint density at radius 2 is 1.84 bits per heavy atom. The van der Waals surface area contributed by atoms with Crippen LogP contribution in [0.5, 0.6) is 23.0 Å². The number of fused-ring (bicyclic) bond motifs is 2. The molecule has 5 aromatic rings. The lowest BCUT2D eigenvalue weighted by atomic mass is 10.1. The molecule has 44 heavy (non-hydrogen) atoms. The number of benzene rings is 2. The first-order valence-electron chi connectivity index (χ1n) is 13.7. The number of nitrogens with zero attached hydrogens (tertiary/aromatic N) is 6. The molecule has 2 N–H and O–H groups in total. The lowest BCUT2D eigenvalue weighted by Gasteiger charge is -2.17. The third-order valence-electron chi connectivity index (χ3n) is 7.32. The Bertz CT molecular complexity index is 1900. The number of halogens is 2. The summed E-state index contributed by atoms with van der Waals surface area (Å²) in [7, 11) is 4.76. The highest BCUT2D eigenvalue weighted by molar-refractivity contribution is 6.05. The van der Waals surface area contributed by atoms with Crippen LogP contribution in [0.15, 0.2) is 67.2 Å². The molecule has 2 aromatic carbocycles. The highest BCUT2D eigenvalue weighted by Gasteiger charge is 2.23. The zero-order valence-electron chi connectivity index (χ0n) is 24.0. The highest BCUT2D eigenvalue weighted by Crippen LogP contribution is 2.38. The molecule has 0 radical (unpaired) electrons. The Hall–Kier alpha value is -5.37. The third-order valence-corrected chi connectivity index (χ3v) is 7.32. The predicted octanol–water partition coefficient (Wildman–Crippen LogP) is 5.25. The number of anilines is 3. The number of carbonyl (C=O) groups excluding carboxylic acids is 1. The average molecular weight is 603 g/mol. The van der Waals surface area contributed by atoms with E-state index < -0.39 is 17.6 Å². The summed E-state index contributed by atoms with van der Waals surface area (Å²) in [6.45, 7) is 0.842. The van der Waals surface area contributed by atoms with Gasteiger partial charge in [-0.05, 0) is 44.6 Å². The SMILES string of the molecule is COc1cc2ncnc(Nc3cc(F)c(Oc4ccn5ncnc5c4)cc3OC)c2cc1NC(=O)/C(F)=C\C1CCCN1C. The van der Waals surface area contributed by atoms with E-state index in [1.54, 1.807) is 35.0 Å². The molecular formula is C30H28F2N8O4. The van der Waals surface area contributed by atoms with Crippen molar-refractivity contribution in [2.24, 2.45) is 0 Å². The number of nitrogens with one attached hydrogen (secondary N) is 2. The molecule has 0 aliphatic carbocycles. The van der Waals surface area contributed by atoms with Crippen molar-refractivity contribution in [3.63, 3.8) is 0 Å². The van der Waals surface area contributed by atoms with Gasteiger partial charge in [-0.25, -0.2) is 28.2 Å². The van der Waals surface area contributed by atoms with E-state index in [-0.39, 0.29) is 40.5 Å². The van der Waals surface area contributed by atoms with Crippen LogP contribution in [0.1, 0.15) is 12.8 Å². The van der Waals surface area contributed by atoms with Gasteiger partial charge in [-0.3, -0.25) is 9.69 Å². The molecule has 4 heterocycles. The second kappa shape index (κ2) is 12.1. The van der Waals surface area contributed by atoms with Crippen molar-refractivity contribution in [3.05, 3.63) is 73.0 Å². The van der Waals surface area contributed by atoms with E-state index in [1.165, 1.54) is 45.1 Å². The Morgan fingerprint density at radius 1 is 1.02 bits per heavy atom. The lowest BCUT2D eigenvalue weighted by molar-refractivity contribution is -0.114. The molecular weight excluding hydrogens is 574 g/mol. The number of amides is 1. The minimum absolute atomic E-state index is 0.0718. The second-order valence-corrected chi connectivity index (χ2v) is 10.1. The number of rotatable bonds is 9. The molecule has 1 aliphatic rings. The summed E-state index contributed by atoms with van der Waals surface area (Å²) in [6.07, 6.45) is 7.41. The number of carbonyl (C=O) groups is 1. The Kier molecular flexibility index (Phi) is 7.89. The van der Waals surface area contributed by atoms with Crippen molar-refractivity contribution in [1.29, 1.82) is 0 Å². The molecule has 1 aliphatic heterocycles. The van der Waals surface area contributed by atoms with Gasteiger partial charge in [-0.2, -0.15) is 5.10 Å². The fourth-order valence-corrected chi connectivity index (χ4v) is 5.02. The van der Waals surface area contributed by atoms with E-state index in [2.05, 4.69) is 30.7 Å². The van der Waals surface area contributed by atoms with Gasteiger partial charge in [0.05, 0.1) is 31.1 Å². The fraction of sp³-hybridized carbons (Fsp3) is 0.233. The number of methoxy groups -OCH3 is 2. The molecule has 1 amide bonds. The van der Waals surface area contributed by atoms with Gasteiger partial charge >= 0.3 is 0 Å². The molecule has 12 nitrogen and oxygen atoms in total. The fourth-order valence-electron chi connectivity index (χ4n) is 5.02. The van der Waals surface area contributed by atoms with E-state index in [9.17, 15) is 9.18 Å². The van der Waals surface area contributed by atoms with Gasteiger partial charge in [0.25, 0.3) is 5.91 Å². The van der Waals surface area contributed by atoms with Crippen LogP contribution in [0.2, 0.25) is 0 Å². The monoisotopic (exact) mass is 602 g/mol. The topological polar surface area (TPSA) is 128 Å². The van der Waals surface area contributed by atoms with Crippen molar-refractivity contribution in [3.8, 4) is 23.0 Å². The summed E-state index contributed by atoms with van der Waals surface area (Å²) < 4.78 is 48.4. The van der Waals surface area contributed by atoms with Gasteiger partial charge in [-0.1, -0.05) is 0 Å². The van der Waals surface area contributed by atoms with E-state index in [1.807, 2.05) is 11.9 Å². The maximum absolute atomic E-state index is 15.3. The number of likely N-dealkylation sites (tertiary alicyclic amines) is 1. The quantitative estimate of drug-likeness (QED) is 0.216. The minimum Gasteiger partial charge on any atom is -0.494 e. The summed E-state index contributed by atoms with van der Waals surface area (Å²) in [5.41, 5.74) is 1.46. The van der Waals surface area contributed by atoms with E-state index in [4.69, 9.17) is 14.2 Å². The molecule has 1 fully saturated rings. The molecule has 6 rings (SSSR count). The number of aromatic nitrogens is 5. The zero-order valence-corrected chi connectivity index (χ0v) is 24.0. The Labute approximate surface area is 250 Å². The largest absolute Gasteiger partial charge is 0.494 e. The smallest absolute Gasteiger partial charge is 0.284 e. The first-order chi connectivity index (χ1) is 21.3. The van der Waals surface area contributed by atoms with E-state index >= 15 is 4.39 Å². The zero-order chi connectivity index (χ0) is 30.8. The summed E-state index contributed by atoms with van der Waals surface area (Å²) in [5, 5.41) is 10.1. The summed E-state index contributed by atoms with van der Waals surface area (Å²) in [5.74, 6) is -1.36. The van der Waals surface area contributed by atoms with Crippen LogP contribution in [-0.4, -0.2) is 69.2 Å².